The Balaban J connectivity index is 0.00000341. The van der Waals surface area contributed by atoms with Gasteiger partial charge in [0.05, 0.1) is 0 Å². The molecule has 0 aromatic carbocycles. The summed E-state index contributed by atoms with van der Waals surface area (Å²) in [5, 5.41) is 4.04. The standard InChI is InChI=1S/C25H40ClFN2O.H2O/c1-17(2)23(28-24(30)20-7-5-6-8-22(20)26)15-29-14-13-21(25(3,4)16-29)18-9-11-19(27)12-10-18;/h9,17,19,21,23H,5-8,10-16H2,1-4H3,(H,28,30);1H2/t19?,21?,23-;/m0./s1. The molecule has 3 atom stereocenters. The van der Waals surface area contributed by atoms with E-state index in [1.807, 2.05) is 0 Å². The van der Waals surface area contributed by atoms with Crippen LogP contribution in [0.5, 0.6) is 0 Å². The fourth-order valence-corrected chi connectivity index (χ4v) is 5.83. The van der Waals surface area contributed by atoms with Gasteiger partial charge in [0.15, 0.2) is 0 Å². The van der Waals surface area contributed by atoms with E-state index in [4.69, 9.17) is 11.6 Å². The van der Waals surface area contributed by atoms with Crippen molar-refractivity contribution in [3.8, 4) is 0 Å². The lowest BCUT2D eigenvalue weighted by atomic mass is 9.68. The third kappa shape index (κ3) is 6.79. The second-order valence-electron chi connectivity index (χ2n) is 10.6. The highest BCUT2D eigenvalue weighted by Gasteiger charge is 2.39. The van der Waals surface area contributed by atoms with Gasteiger partial charge in [-0.05, 0) is 75.2 Å². The van der Waals surface area contributed by atoms with Gasteiger partial charge >= 0.3 is 0 Å². The van der Waals surface area contributed by atoms with Crippen LogP contribution in [-0.2, 0) is 4.79 Å². The molecular formula is C25H42ClFN2O2. The summed E-state index contributed by atoms with van der Waals surface area (Å²) in [5.41, 5.74) is 2.43. The quantitative estimate of drug-likeness (QED) is 0.560. The maximum Gasteiger partial charge on any atom is 0.248 e. The molecule has 2 aliphatic carbocycles. The van der Waals surface area contributed by atoms with E-state index in [1.165, 1.54) is 5.57 Å². The van der Waals surface area contributed by atoms with Gasteiger partial charge in [0.25, 0.3) is 0 Å². The van der Waals surface area contributed by atoms with E-state index in [0.717, 1.165) is 68.8 Å². The third-order valence-electron chi connectivity index (χ3n) is 7.39. The first-order chi connectivity index (χ1) is 14.2. The van der Waals surface area contributed by atoms with Crippen molar-refractivity contribution in [2.24, 2.45) is 17.3 Å². The average molecular weight is 457 g/mol. The van der Waals surface area contributed by atoms with E-state index in [1.54, 1.807) is 0 Å². The van der Waals surface area contributed by atoms with Crippen LogP contribution in [0.2, 0.25) is 0 Å². The number of hydrogen-bond acceptors (Lipinski definition) is 2. The summed E-state index contributed by atoms with van der Waals surface area (Å²) >= 11 is 6.35. The van der Waals surface area contributed by atoms with Crippen molar-refractivity contribution in [2.45, 2.75) is 91.3 Å². The summed E-state index contributed by atoms with van der Waals surface area (Å²) in [4.78, 5) is 15.4. The molecular weight excluding hydrogens is 415 g/mol. The number of carbonyl (C=O) groups is 1. The second-order valence-corrected chi connectivity index (χ2v) is 11.1. The van der Waals surface area contributed by atoms with Crippen LogP contribution in [0.3, 0.4) is 0 Å². The molecule has 1 fully saturated rings. The summed E-state index contributed by atoms with van der Waals surface area (Å²) in [7, 11) is 0. The van der Waals surface area contributed by atoms with Gasteiger partial charge in [-0.15, -0.1) is 0 Å². The van der Waals surface area contributed by atoms with Crippen molar-refractivity contribution >= 4 is 17.5 Å². The van der Waals surface area contributed by atoms with Gasteiger partial charge in [-0.2, -0.15) is 0 Å². The molecule has 0 radical (unpaired) electrons. The molecule has 31 heavy (non-hydrogen) atoms. The van der Waals surface area contributed by atoms with Gasteiger partial charge in [0.2, 0.25) is 5.91 Å². The highest BCUT2D eigenvalue weighted by molar-refractivity contribution is 6.32. The Hall–Kier alpha value is -0.910. The van der Waals surface area contributed by atoms with Crippen LogP contribution in [0.4, 0.5) is 4.39 Å². The predicted molar refractivity (Wildman–Crippen MR) is 127 cm³/mol. The Morgan fingerprint density at radius 3 is 2.55 bits per heavy atom. The van der Waals surface area contributed by atoms with Gasteiger partial charge in [-0.3, -0.25) is 4.79 Å². The van der Waals surface area contributed by atoms with Gasteiger partial charge in [0.1, 0.15) is 6.17 Å². The smallest absolute Gasteiger partial charge is 0.248 e. The Bertz CT molecular complexity index is 689. The van der Waals surface area contributed by atoms with E-state index in [0.29, 0.717) is 24.7 Å². The number of likely N-dealkylation sites (tertiary alicyclic amines) is 1. The summed E-state index contributed by atoms with van der Waals surface area (Å²) < 4.78 is 13.6. The number of allylic oxidation sites excluding steroid dienone is 3. The second kappa shape index (κ2) is 11.3. The number of amides is 1. The largest absolute Gasteiger partial charge is 0.412 e. The Morgan fingerprint density at radius 2 is 1.97 bits per heavy atom. The van der Waals surface area contributed by atoms with Gasteiger partial charge in [0, 0.05) is 29.7 Å². The van der Waals surface area contributed by atoms with Gasteiger partial charge in [-0.25, -0.2) is 4.39 Å². The van der Waals surface area contributed by atoms with Gasteiger partial charge < -0.3 is 15.7 Å². The highest BCUT2D eigenvalue weighted by atomic mass is 35.5. The summed E-state index contributed by atoms with van der Waals surface area (Å²) in [6.07, 6.45) is 8.58. The van der Waals surface area contributed by atoms with Crippen LogP contribution >= 0.6 is 11.6 Å². The summed E-state index contributed by atoms with van der Waals surface area (Å²) in [5.74, 6) is 0.931. The van der Waals surface area contributed by atoms with Crippen LogP contribution < -0.4 is 5.32 Å². The van der Waals surface area contributed by atoms with Crippen LogP contribution in [0, 0.1) is 17.3 Å². The van der Waals surface area contributed by atoms with Crippen molar-refractivity contribution in [3.63, 3.8) is 0 Å². The highest BCUT2D eigenvalue weighted by Crippen LogP contribution is 2.43. The maximum atomic E-state index is 13.6. The molecule has 4 nitrogen and oxygen atoms in total. The lowest BCUT2D eigenvalue weighted by Crippen LogP contribution is -2.53. The zero-order valence-electron chi connectivity index (χ0n) is 19.8. The first kappa shape index (κ1) is 26.3. The lowest BCUT2D eigenvalue weighted by molar-refractivity contribution is -0.119. The van der Waals surface area contributed by atoms with Crippen LogP contribution in [0.1, 0.15) is 79.1 Å². The van der Waals surface area contributed by atoms with Crippen LogP contribution in [0.25, 0.3) is 0 Å². The van der Waals surface area contributed by atoms with E-state index in [9.17, 15) is 9.18 Å². The number of nitrogens with zero attached hydrogens (tertiary/aromatic N) is 1. The topological polar surface area (TPSA) is 63.8 Å². The molecule has 178 valence electrons. The molecule has 3 aliphatic rings. The molecule has 0 saturated carbocycles. The molecule has 2 unspecified atom stereocenters. The molecule has 0 aromatic rings. The van der Waals surface area contributed by atoms with Gasteiger partial charge in [-0.1, -0.05) is 50.9 Å². The van der Waals surface area contributed by atoms with E-state index >= 15 is 0 Å². The number of alkyl halides is 1. The summed E-state index contributed by atoms with van der Waals surface area (Å²) in [6.45, 7) is 12.0. The molecule has 3 rings (SSSR count). The first-order valence-corrected chi connectivity index (χ1v) is 12.3. The number of carbonyl (C=O) groups excluding carboxylic acids is 1. The molecule has 1 heterocycles. The number of rotatable bonds is 6. The average Bonchev–Trinajstić information content (AvgIpc) is 2.68. The van der Waals surface area contributed by atoms with E-state index in [-0.39, 0.29) is 22.8 Å². The lowest BCUT2D eigenvalue weighted by Gasteiger charge is -2.47. The minimum Gasteiger partial charge on any atom is -0.412 e. The number of nitrogens with one attached hydrogen (secondary N) is 1. The van der Waals surface area contributed by atoms with Crippen molar-refractivity contribution in [1.82, 2.24) is 10.2 Å². The Morgan fingerprint density at radius 1 is 1.26 bits per heavy atom. The fraction of sp³-hybridized carbons (Fsp3) is 0.800. The van der Waals surface area contributed by atoms with Crippen molar-refractivity contribution in [2.75, 3.05) is 19.6 Å². The van der Waals surface area contributed by atoms with Crippen molar-refractivity contribution in [1.29, 1.82) is 0 Å². The molecule has 1 aliphatic heterocycles. The Labute approximate surface area is 193 Å². The molecule has 0 aromatic heterocycles. The van der Waals surface area contributed by atoms with Crippen LogP contribution in [-0.4, -0.2) is 48.1 Å². The minimum atomic E-state index is -0.653. The molecule has 6 heteroatoms. The molecule has 0 spiro atoms. The van der Waals surface area contributed by atoms with Crippen LogP contribution in [0.15, 0.2) is 22.3 Å². The minimum absolute atomic E-state index is 0. The molecule has 3 N–H and O–H groups in total. The number of hydrogen-bond donors (Lipinski definition) is 1. The maximum absolute atomic E-state index is 13.6. The molecule has 1 amide bonds. The van der Waals surface area contributed by atoms with Crippen molar-refractivity contribution in [3.05, 3.63) is 22.3 Å². The monoisotopic (exact) mass is 456 g/mol. The molecule has 0 bridgehead atoms. The predicted octanol–water partition coefficient (Wildman–Crippen LogP) is 5.17. The number of piperidine rings is 1. The third-order valence-corrected chi connectivity index (χ3v) is 7.81. The summed E-state index contributed by atoms with van der Waals surface area (Å²) in [6, 6.07) is 0.116. The van der Waals surface area contributed by atoms with E-state index < -0.39 is 6.17 Å². The Kier molecular flexibility index (Phi) is 9.59. The first-order valence-electron chi connectivity index (χ1n) is 11.9. The fourth-order valence-electron chi connectivity index (χ4n) is 5.51. The molecule has 1 saturated heterocycles. The zero-order valence-corrected chi connectivity index (χ0v) is 20.5. The zero-order chi connectivity index (χ0) is 21.9. The van der Waals surface area contributed by atoms with Crippen molar-refractivity contribution < 1.29 is 14.7 Å². The number of halogens is 2. The SMILES string of the molecule is CC(C)[C@H](CN1CCC(C2=CCC(F)CC2)C(C)(C)C1)NC(=O)C1=C(Cl)CCCC1.O. The normalized spacial score (nSPS) is 28.0. The van der Waals surface area contributed by atoms with E-state index in [2.05, 4.69) is 44.0 Å².